The van der Waals surface area contributed by atoms with Gasteiger partial charge in [-0.1, -0.05) is 0 Å². The van der Waals surface area contributed by atoms with Crippen LogP contribution in [0.1, 0.15) is 10.4 Å². The van der Waals surface area contributed by atoms with Crippen molar-refractivity contribution in [2.75, 3.05) is 14.2 Å². The zero-order valence-corrected chi connectivity index (χ0v) is 15.5. The van der Waals surface area contributed by atoms with Crippen LogP contribution in [0.3, 0.4) is 0 Å². The Labute approximate surface area is 145 Å². The largest absolute Gasteiger partial charge is 0.493 e. The second-order valence-corrected chi connectivity index (χ2v) is 7.12. The number of fused-ring (bicyclic) bond motifs is 1. The Balaban J connectivity index is 2.27. The van der Waals surface area contributed by atoms with E-state index in [2.05, 4.69) is 25.9 Å². The molecule has 7 heteroatoms. The van der Waals surface area contributed by atoms with E-state index in [9.17, 15) is 4.79 Å². The molecule has 2 aromatic heterocycles. The van der Waals surface area contributed by atoms with Gasteiger partial charge in [-0.05, 0) is 47.5 Å². The number of ether oxygens (including phenoxy) is 2. The molecule has 0 aliphatic carbocycles. The first kappa shape index (κ1) is 16.0. The van der Waals surface area contributed by atoms with Gasteiger partial charge in [-0.25, -0.2) is 4.98 Å². The third-order valence-corrected chi connectivity index (χ3v) is 5.52. The topological polar surface area (TPSA) is 64.2 Å². The van der Waals surface area contributed by atoms with E-state index in [1.54, 1.807) is 26.4 Å². The summed E-state index contributed by atoms with van der Waals surface area (Å²) >= 11 is 5.02. The molecule has 5 nitrogen and oxygen atoms in total. The number of methoxy groups -OCH3 is 2. The summed E-state index contributed by atoms with van der Waals surface area (Å²) in [6, 6.07) is 3.59. The number of aryl methyl sites for hydroxylation is 2. The summed E-state index contributed by atoms with van der Waals surface area (Å²) in [5, 5.41) is 0.660. The predicted molar refractivity (Wildman–Crippen MR) is 96.0 cm³/mol. The Bertz CT molecular complexity index is 962. The lowest BCUT2D eigenvalue weighted by molar-refractivity contribution is 0.355. The molecule has 3 rings (SSSR count). The predicted octanol–water partition coefficient (Wildman–Crippen LogP) is 4.05. The molecule has 23 heavy (non-hydrogen) atoms. The van der Waals surface area contributed by atoms with E-state index in [-0.39, 0.29) is 5.56 Å². The van der Waals surface area contributed by atoms with Crippen LogP contribution in [0.4, 0.5) is 0 Å². The van der Waals surface area contributed by atoms with Crippen molar-refractivity contribution in [1.29, 1.82) is 0 Å². The van der Waals surface area contributed by atoms with Gasteiger partial charge in [0.15, 0.2) is 11.5 Å². The van der Waals surface area contributed by atoms with Crippen LogP contribution in [0.15, 0.2) is 21.4 Å². The number of hydrogen-bond acceptors (Lipinski definition) is 5. The summed E-state index contributed by atoms with van der Waals surface area (Å²) < 4.78 is 11.4. The summed E-state index contributed by atoms with van der Waals surface area (Å²) in [6.07, 6.45) is 0. The molecule has 0 bridgehead atoms. The number of halogens is 1. The van der Waals surface area contributed by atoms with Gasteiger partial charge in [0.25, 0.3) is 5.56 Å². The highest BCUT2D eigenvalue weighted by atomic mass is 79.9. The molecular formula is C16H15BrN2O3S. The van der Waals surface area contributed by atoms with Gasteiger partial charge in [0.2, 0.25) is 0 Å². The molecule has 0 fully saturated rings. The standard InChI is InChI=1S/C16H15BrN2O3S/c1-7-8(2)23-16-13(7)15(20)18-14(19-16)9-5-11(21-3)12(22-4)6-10(9)17/h5-6H,1-4H3,(H,18,19,20). The molecule has 0 spiro atoms. The third kappa shape index (κ3) is 2.64. The summed E-state index contributed by atoms with van der Waals surface area (Å²) in [4.78, 5) is 21.8. The normalized spacial score (nSPS) is 11.0. The van der Waals surface area contributed by atoms with Crippen LogP contribution < -0.4 is 15.0 Å². The average molecular weight is 395 g/mol. The fourth-order valence-corrected chi connectivity index (χ4v) is 3.96. The maximum atomic E-state index is 12.4. The van der Waals surface area contributed by atoms with Crippen LogP contribution in [0.2, 0.25) is 0 Å². The minimum absolute atomic E-state index is 0.131. The first-order valence-electron chi connectivity index (χ1n) is 6.88. The SMILES string of the molecule is COc1cc(Br)c(-c2nc3sc(C)c(C)c3c(=O)[nH]2)cc1OC. The van der Waals surface area contributed by atoms with Gasteiger partial charge < -0.3 is 14.5 Å². The number of aromatic nitrogens is 2. The van der Waals surface area contributed by atoms with Gasteiger partial charge in [-0.15, -0.1) is 11.3 Å². The van der Waals surface area contributed by atoms with E-state index in [0.717, 1.165) is 25.3 Å². The third-order valence-electron chi connectivity index (χ3n) is 3.77. The lowest BCUT2D eigenvalue weighted by Gasteiger charge is -2.11. The van der Waals surface area contributed by atoms with Crippen LogP contribution in [0, 0.1) is 13.8 Å². The fraction of sp³-hybridized carbons (Fsp3) is 0.250. The zero-order valence-electron chi connectivity index (χ0n) is 13.1. The second kappa shape index (κ2) is 5.98. The summed E-state index contributed by atoms with van der Waals surface area (Å²) in [6.45, 7) is 3.93. The Morgan fingerprint density at radius 2 is 1.83 bits per heavy atom. The maximum absolute atomic E-state index is 12.4. The molecule has 0 radical (unpaired) electrons. The molecule has 0 saturated heterocycles. The molecule has 120 valence electrons. The molecular weight excluding hydrogens is 380 g/mol. The molecule has 0 aliphatic rings. The van der Waals surface area contributed by atoms with Crippen molar-refractivity contribution in [2.45, 2.75) is 13.8 Å². The van der Waals surface area contributed by atoms with Crippen LogP contribution in [-0.4, -0.2) is 24.2 Å². The van der Waals surface area contributed by atoms with Gasteiger partial charge in [-0.3, -0.25) is 4.79 Å². The van der Waals surface area contributed by atoms with E-state index in [4.69, 9.17) is 9.47 Å². The van der Waals surface area contributed by atoms with Crippen molar-refractivity contribution in [1.82, 2.24) is 9.97 Å². The first-order valence-corrected chi connectivity index (χ1v) is 8.49. The quantitative estimate of drug-likeness (QED) is 0.727. The van der Waals surface area contributed by atoms with Crippen LogP contribution in [0.5, 0.6) is 11.5 Å². The van der Waals surface area contributed by atoms with Gasteiger partial charge in [-0.2, -0.15) is 0 Å². The highest BCUT2D eigenvalue weighted by molar-refractivity contribution is 9.10. The Hall–Kier alpha value is -1.86. The monoisotopic (exact) mass is 394 g/mol. The molecule has 2 heterocycles. The number of aromatic amines is 1. The molecule has 0 saturated carbocycles. The minimum Gasteiger partial charge on any atom is -0.493 e. The van der Waals surface area contributed by atoms with E-state index < -0.39 is 0 Å². The number of nitrogens with one attached hydrogen (secondary N) is 1. The molecule has 0 unspecified atom stereocenters. The van der Waals surface area contributed by atoms with E-state index >= 15 is 0 Å². The molecule has 1 N–H and O–H groups in total. The summed E-state index contributed by atoms with van der Waals surface area (Å²) in [5.41, 5.74) is 1.59. The van der Waals surface area contributed by atoms with Crippen molar-refractivity contribution < 1.29 is 9.47 Å². The molecule has 0 amide bonds. The smallest absolute Gasteiger partial charge is 0.260 e. The maximum Gasteiger partial charge on any atom is 0.260 e. The van der Waals surface area contributed by atoms with E-state index in [1.807, 2.05) is 13.8 Å². The van der Waals surface area contributed by atoms with Gasteiger partial charge >= 0.3 is 0 Å². The van der Waals surface area contributed by atoms with Crippen molar-refractivity contribution in [3.63, 3.8) is 0 Å². The Morgan fingerprint density at radius 1 is 1.17 bits per heavy atom. The van der Waals surface area contributed by atoms with E-state index in [0.29, 0.717) is 22.7 Å². The number of H-pyrrole nitrogens is 1. The van der Waals surface area contributed by atoms with Crippen molar-refractivity contribution in [3.8, 4) is 22.9 Å². The lowest BCUT2D eigenvalue weighted by Crippen LogP contribution is -2.09. The van der Waals surface area contributed by atoms with Crippen molar-refractivity contribution >= 4 is 37.5 Å². The number of benzene rings is 1. The van der Waals surface area contributed by atoms with Crippen molar-refractivity contribution in [3.05, 3.63) is 37.4 Å². The average Bonchev–Trinajstić information content (AvgIpc) is 2.81. The number of rotatable bonds is 3. The Morgan fingerprint density at radius 3 is 2.48 bits per heavy atom. The molecule has 3 aromatic rings. The molecule has 0 aliphatic heterocycles. The summed E-state index contributed by atoms with van der Waals surface area (Å²) in [7, 11) is 3.15. The zero-order chi connectivity index (χ0) is 16.7. The van der Waals surface area contributed by atoms with Crippen LogP contribution >= 0.6 is 27.3 Å². The summed E-state index contributed by atoms with van der Waals surface area (Å²) in [5.74, 6) is 1.68. The van der Waals surface area contributed by atoms with Crippen LogP contribution in [0.25, 0.3) is 21.6 Å². The molecule has 1 aromatic carbocycles. The van der Waals surface area contributed by atoms with Gasteiger partial charge in [0.05, 0.1) is 19.6 Å². The molecule has 0 atom stereocenters. The lowest BCUT2D eigenvalue weighted by atomic mass is 10.1. The highest BCUT2D eigenvalue weighted by Gasteiger charge is 2.16. The number of hydrogen-bond donors (Lipinski definition) is 1. The second-order valence-electron chi connectivity index (χ2n) is 5.06. The fourth-order valence-electron chi connectivity index (χ4n) is 2.42. The van der Waals surface area contributed by atoms with Crippen LogP contribution in [-0.2, 0) is 0 Å². The number of nitrogens with zero attached hydrogens (tertiary/aromatic N) is 1. The number of thiophene rings is 1. The Kier molecular flexibility index (Phi) is 4.16. The van der Waals surface area contributed by atoms with Crippen molar-refractivity contribution in [2.24, 2.45) is 0 Å². The van der Waals surface area contributed by atoms with Gasteiger partial charge in [0, 0.05) is 14.9 Å². The van der Waals surface area contributed by atoms with E-state index in [1.165, 1.54) is 11.3 Å². The highest BCUT2D eigenvalue weighted by Crippen LogP contribution is 2.38. The van der Waals surface area contributed by atoms with Gasteiger partial charge in [0.1, 0.15) is 10.7 Å². The first-order chi connectivity index (χ1) is 11.0. The minimum atomic E-state index is -0.131.